The van der Waals surface area contributed by atoms with E-state index in [-0.39, 0.29) is 0 Å². The molecule has 0 aliphatic heterocycles. The van der Waals surface area contributed by atoms with E-state index in [1.54, 1.807) is 7.11 Å². The molecule has 2 rings (SSSR count). The third-order valence-corrected chi connectivity index (χ3v) is 3.52. The maximum atomic E-state index is 6.11. The smallest absolute Gasteiger partial charge is 0.189 e. The van der Waals surface area contributed by atoms with Crippen LogP contribution in [0.25, 0.3) is 10.9 Å². The van der Waals surface area contributed by atoms with E-state index in [0.717, 1.165) is 21.1 Å². The van der Waals surface area contributed by atoms with Gasteiger partial charge in [-0.25, -0.2) is 9.97 Å². The summed E-state index contributed by atoms with van der Waals surface area (Å²) in [5.74, 6) is 0.737. The fourth-order valence-corrected chi connectivity index (χ4v) is 2.77. The van der Waals surface area contributed by atoms with Crippen LogP contribution in [0.4, 0.5) is 0 Å². The van der Waals surface area contributed by atoms with Gasteiger partial charge in [0.25, 0.3) is 0 Å². The number of benzene rings is 1. The maximum Gasteiger partial charge on any atom is 0.189 e. The Hall–Kier alpha value is -0.520. The van der Waals surface area contributed by atoms with Crippen LogP contribution in [0.3, 0.4) is 0 Å². The number of hydrogen-bond donors (Lipinski definition) is 0. The van der Waals surface area contributed by atoms with Crippen molar-refractivity contribution in [2.24, 2.45) is 0 Å². The predicted molar refractivity (Wildman–Crippen MR) is 70.6 cm³/mol. The summed E-state index contributed by atoms with van der Waals surface area (Å²) in [6.07, 6.45) is 1.91. The normalized spacial score (nSPS) is 10.8. The summed E-state index contributed by atoms with van der Waals surface area (Å²) in [4.78, 5) is 8.56. The lowest BCUT2D eigenvalue weighted by atomic mass is 10.2. The van der Waals surface area contributed by atoms with Crippen LogP contribution in [-0.2, 0) is 0 Å². The van der Waals surface area contributed by atoms with Crippen LogP contribution >= 0.6 is 39.3 Å². The van der Waals surface area contributed by atoms with Gasteiger partial charge >= 0.3 is 0 Å². The topological polar surface area (TPSA) is 35.0 Å². The van der Waals surface area contributed by atoms with Crippen molar-refractivity contribution in [2.75, 3.05) is 13.4 Å². The molecule has 0 unspecified atom stereocenters. The zero-order valence-corrected chi connectivity index (χ0v) is 11.8. The Balaban J connectivity index is 2.79. The Labute approximate surface area is 111 Å². The minimum Gasteiger partial charge on any atom is -0.497 e. The number of thioether (sulfide) groups is 1. The first-order valence-corrected chi connectivity index (χ1v) is 6.80. The van der Waals surface area contributed by atoms with Crippen molar-refractivity contribution in [3.8, 4) is 5.75 Å². The van der Waals surface area contributed by atoms with Gasteiger partial charge < -0.3 is 4.74 Å². The van der Waals surface area contributed by atoms with E-state index >= 15 is 0 Å². The van der Waals surface area contributed by atoms with Crippen LogP contribution in [0.5, 0.6) is 5.75 Å². The summed E-state index contributed by atoms with van der Waals surface area (Å²) in [5, 5.41) is 1.90. The van der Waals surface area contributed by atoms with Crippen molar-refractivity contribution in [2.45, 2.75) is 5.16 Å². The Morgan fingerprint density at radius 3 is 2.75 bits per heavy atom. The highest BCUT2D eigenvalue weighted by atomic mass is 79.9. The summed E-state index contributed by atoms with van der Waals surface area (Å²) in [5.41, 5.74) is 0.774. The van der Waals surface area contributed by atoms with Crippen molar-refractivity contribution in [1.82, 2.24) is 9.97 Å². The highest BCUT2D eigenvalue weighted by molar-refractivity contribution is 9.10. The molecule has 2 aromatic rings. The molecule has 6 heteroatoms. The molecule has 0 bridgehead atoms. The molecule has 0 fully saturated rings. The second kappa shape index (κ2) is 4.77. The zero-order valence-electron chi connectivity index (χ0n) is 8.62. The molecule has 0 aliphatic carbocycles. The molecule has 0 radical (unpaired) electrons. The highest BCUT2D eigenvalue weighted by Gasteiger charge is 2.10. The van der Waals surface area contributed by atoms with Gasteiger partial charge in [0.15, 0.2) is 5.16 Å². The van der Waals surface area contributed by atoms with E-state index in [1.807, 2.05) is 18.4 Å². The van der Waals surface area contributed by atoms with Gasteiger partial charge in [-0.2, -0.15) is 0 Å². The number of methoxy groups -OCH3 is 1. The molecule has 0 saturated heterocycles. The van der Waals surface area contributed by atoms with Gasteiger partial charge in [0.1, 0.15) is 10.9 Å². The Bertz CT molecular complexity index is 505. The number of nitrogens with zero attached hydrogens (tertiary/aromatic N) is 2. The largest absolute Gasteiger partial charge is 0.497 e. The summed E-state index contributed by atoms with van der Waals surface area (Å²) >= 11 is 11.0. The fourth-order valence-electron chi connectivity index (χ4n) is 1.34. The van der Waals surface area contributed by atoms with Crippen molar-refractivity contribution < 1.29 is 4.74 Å². The average molecular weight is 320 g/mol. The van der Waals surface area contributed by atoms with Crippen molar-refractivity contribution in [3.05, 3.63) is 21.8 Å². The van der Waals surface area contributed by atoms with Gasteiger partial charge in [-0.05, 0) is 28.3 Å². The molecule has 1 aromatic carbocycles. The highest BCUT2D eigenvalue weighted by Crippen LogP contribution is 2.33. The van der Waals surface area contributed by atoms with Crippen LogP contribution in [-0.4, -0.2) is 23.3 Å². The molecule has 1 heterocycles. The van der Waals surface area contributed by atoms with Gasteiger partial charge in [-0.15, -0.1) is 0 Å². The fraction of sp³-hybridized carbons (Fsp3) is 0.200. The van der Waals surface area contributed by atoms with Crippen LogP contribution in [0, 0.1) is 0 Å². The third kappa shape index (κ3) is 2.12. The van der Waals surface area contributed by atoms with Crippen molar-refractivity contribution in [1.29, 1.82) is 0 Å². The van der Waals surface area contributed by atoms with Crippen LogP contribution in [0.1, 0.15) is 0 Å². The number of ether oxygens (including phenoxy) is 1. The second-order valence-electron chi connectivity index (χ2n) is 3.00. The lowest BCUT2D eigenvalue weighted by Crippen LogP contribution is -1.92. The molecule has 0 aliphatic rings. The SMILES string of the molecule is COc1cc(Br)c2c(Cl)nc(SC)nc2c1. The Morgan fingerprint density at radius 1 is 1.38 bits per heavy atom. The van der Waals surface area contributed by atoms with Crippen LogP contribution < -0.4 is 4.74 Å². The Morgan fingerprint density at radius 2 is 2.12 bits per heavy atom. The van der Waals surface area contributed by atoms with E-state index < -0.39 is 0 Å². The molecule has 16 heavy (non-hydrogen) atoms. The molecule has 3 nitrogen and oxygen atoms in total. The molecule has 0 amide bonds. The lowest BCUT2D eigenvalue weighted by Gasteiger charge is -2.07. The van der Waals surface area contributed by atoms with Gasteiger partial charge in [0.2, 0.25) is 0 Å². The number of fused-ring (bicyclic) bond motifs is 1. The number of aromatic nitrogens is 2. The third-order valence-electron chi connectivity index (χ3n) is 2.08. The molecule has 84 valence electrons. The van der Waals surface area contributed by atoms with Crippen molar-refractivity contribution in [3.63, 3.8) is 0 Å². The molecule has 0 atom stereocenters. The monoisotopic (exact) mass is 318 g/mol. The van der Waals surface area contributed by atoms with Gasteiger partial charge in [-0.1, -0.05) is 23.4 Å². The molecule has 0 saturated carbocycles. The molecule has 0 N–H and O–H groups in total. The molecule has 0 spiro atoms. The first kappa shape index (κ1) is 12.0. The van der Waals surface area contributed by atoms with Gasteiger partial charge in [0, 0.05) is 10.5 Å². The van der Waals surface area contributed by atoms with Crippen LogP contribution in [0.2, 0.25) is 5.15 Å². The molecule has 1 aromatic heterocycles. The van der Waals surface area contributed by atoms with Gasteiger partial charge in [-0.3, -0.25) is 0 Å². The maximum absolute atomic E-state index is 6.11. The van der Waals surface area contributed by atoms with E-state index in [4.69, 9.17) is 16.3 Å². The minimum atomic E-state index is 0.448. The molecular weight excluding hydrogens is 312 g/mol. The number of halogens is 2. The van der Waals surface area contributed by atoms with E-state index in [0.29, 0.717) is 10.3 Å². The quantitative estimate of drug-likeness (QED) is 0.479. The second-order valence-corrected chi connectivity index (χ2v) is 4.99. The first-order valence-electron chi connectivity index (χ1n) is 4.40. The summed E-state index contributed by atoms with van der Waals surface area (Å²) < 4.78 is 6.01. The first-order chi connectivity index (χ1) is 7.65. The number of hydrogen-bond acceptors (Lipinski definition) is 4. The zero-order chi connectivity index (χ0) is 11.7. The molecular formula is C10H8BrClN2OS. The lowest BCUT2D eigenvalue weighted by molar-refractivity contribution is 0.415. The standard InChI is InChI=1S/C10H8BrClN2OS/c1-15-5-3-6(11)8-7(4-5)13-10(16-2)14-9(8)12/h3-4H,1-2H3. The van der Waals surface area contributed by atoms with E-state index in [9.17, 15) is 0 Å². The minimum absolute atomic E-state index is 0.448. The summed E-state index contributed by atoms with van der Waals surface area (Å²) in [7, 11) is 1.62. The van der Waals surface area contributed by atoms with Crippen molar-refractivity contribution >= 4 is 50.2 Å². The predicted octanol–water partition coefficient (Wildman–Crippen LogP) is 3.78. The summed E-state index contributed by atoms with van der Waals surface area (Å²) in [6, 6.07) is 3.68. The average Bonchev–Trinajstić information content (AvgIpc) is 2.27. The number of rotatable bonds is 2. The van der Waals surface area contributed by atoms with Crippen LogP contribution in [0.15, 0.2) is 21.8 Å². The van der Waals surface area contributed by atoms with E-state index in [1.165, 1.54) is 11.8 Å². The van der Waals surface area contributed by atoms with Gasteiger partial charge in [0.05, 0.1) is 18.0 Å². The Kier molecular flexibility index (Phi) is 3.56. The summed E-state index contributed by atoms with van der Waals surface area (Å²) in [6.45, 7) is 0. The van der Waals surface area contributed by atoms with E-state index in [2.05, 4.69) is 25.9 Å².